The normalized spacial score (nSPS) is 10.9. The first kappa shape index (κ1) is 16.8. The molecule has 3 heterocycles. The average molecular weight is 358 g/mol. The Bertz CT molecular complexity index is 1160. The van der Waals surface area contributed by atoms with Gasteiger partial charge in [-0.15, -0.1) is 0 Å². The fourth-order valence-electron chi connectivity index (χ4n) is 2.89. The third-order valence-corrected chi connectivity index (χ3v) is 4.21. The van der Waals surface area contributed by atoms with Crippen molar-refractivity contribution in [2.75, 3.05) is 0 Å². The highest BCUT2D eigenvalue weighted by Gasteiger charge is 2.08. The standard InChI is InChI=1S/C20H18N6O/c1-14-21-8-6-18(23-14)16-5-3-4-15(10-16)11-19-20(27)7-9-26(24-19)17-12-22-25(2)13-17/h3-10,12-13H,11H2,1-2H3. The Hall–Kier alpha value is -3.61. The minimum absolute atomic E-state index is 0.0848. The van der Waals surface area contributed by atoms with E-state index >= 15 is 0 Å². The van der Waals surface area contributed by atoms with E-state index < -0.39 is 0 Å². The number of nitrogens with zero attached hydrogens (tertiary/aromatic N) is 6. The molecule has 3 aromatic heterocycles. The monoisotopic (exact) mass is 358 g/mol. The first-order valence-electron chi connectivity index (χ1n) is 8.55. The molecule has 7 heteroatoms. The summed E-state index contributed by atoms with van der Waals surface area (Å²) in [5.41, 5.74) is 4.05. The van der Waals surface area contributed by atoms with Crippen LogP contribution in [0.2, 0.25) is 0 Å². The number of benzene rings is 1. The van der Waals surface area contributed by atoms with Gasteiger partial charge in [0.25, 0.3) is 0 Å². The van der Waals surface area contributed by atoms with Crippen molar-refractivity contribution in [3.8, 4) is 16.9 Å². The zero-order valence-corrected chi connectivity index (χ0v) is 15.1. The van der Waals surface area contributed by atoms with Crippen LogP contribution in [0.4, 0.5) is 0 Å². The fourth-order valence-corrected chi connectivity index (χ4v) is 2.89. The lowest BCUT2D eigenvalue weighted by molar-refractivity contribution is 0.762. The third kappa shape index (κ3) is 3.67. The molecule has 0 saturated carbocycles. The smallest absolute Gasteiger partial charge is 0.203 e. The van der Waals surface area contributed by atoms with E-state index in [-0.39, 0.29) is 5.43 Å². The van der Waals surface area contributed by atoms with Gasteiger partial charge >= 0.3 is 0 Å². The maximum Gasteiger partial charge on any atom is 0.203 e. The number of aromatic nitrogens is 6. The molecule has 134 valence electrons. The summed E-state index contributed by atoms with van der Waals surface area (Å²) in [5, 5.41) is 8.64. The van der Waals surface area contributed by atoms with Crippen molar-refractivity contribution in [3.63, 3.8) is 0 Å². The zero-order chi connectivity index (χ0) is 18.8. The summed E-state index contributed by atoms with van der Waals surface area (Å²) in [5.74, 6) is 0.724. The molecule has 0 atom stereocenters. The first-order chi connectivity index (χ1) is 13.1. The average Bonchev–Trinajstić information content (AvgIpc) is 3.10. The summed E-state index contributed by atoms with van der Waals surface area (Å²) in [6.45, 7) is 1.86. The summed E-state index contributed by atoms with van der Waals surface area (Å²) >= 11 is 0. The molecule has 0 aliphatic heterocycles. The Balaban J connectivity index is 1.66. The van der Waals surface area contributed by atoms with Crippen LogP contribution in [0.25, 0.3) is 16.9 Å². The van der Waals surface area contributed by atoms with Gasteiger partial charge in [0.15, 0.2) is 0 Å². The van der Waals surface area contributed by atoms with Gasteiger partial charge in [0.05, 0.1) is 18.1 Å². The van der Waals surface area contributed by atoms with Crippen molar-refractivity contribution in [2.24, 2.45) is 7.05 Å². The topological polar surface area (TPSA) is 78.5 Å². The van der Waals surface area contributed by atoms with Gasteiger partial charge < -0.3 is 0 Å². The number of rotatable bonds is 4. The van der Waals surface area contributed by atoms with Crippen LogP contribution in [0.15, 0.2) is 66.0 Å². The molecule has 27 heavy (non-hydrogen) atoms. The highest BCUT2D eigenvalue weighted by atomic mass is 16.1. The summed E-state index contributed by atoms with van der Waals surface area (Å²) in [6, 6.07) is 11.4. The third-order valence-electron chi connectivity index (χ3n) is 4.21. The van der Waals surface area contributed by atoms with Gasteiger partial charge in [0, 0.05) is 37.5 Å². The van der Waals surface area contributed by atoms with Crippen molar-refractivity contribution in [2.45, 2.75) is 13.3 Å². The van der Waals surface area contributed by atoms with E-state index in [0.29, 0.717) is 12.1 Å². The Morgan fingerprint density at radius 1 is 1.15 bits per heavy atom. The van der Waals surface area contributed by atoms with Crippen molar-refractivity contribution in [1.29, 1.82) is 0 Å². The van der Waals surface area contributed by atoms with E-state index in [1.54, 1.807) is 28.0 Å². The van der Waals surface area contributed by atoms with Crippen LogP contribution in [0.5, 0.6) is 0 Å². The molecule has 7 nitrogen and oxygen atoms in total. The summed E-state index contributed by atoms with van der Waals surface area (Å²) in [6.07, 6.45) is 7.40. The van der Waals surface area contributed by atoms with Crippen molar-refractivity contribution in [1.82, 2.24) is 29.5 Å². The van der Waals surface area contributed by atoms with Crippen LogP contribution in [-0.4, -0.2) is 29.5 Å². The Morgan fingerprint density at radius 2 is 2.04 bits per heavy atom. The molecule has 0 aliphatic carbocycles. The number of aryl methyl sites for hydroxylation is 2. The molecule has 0 unspecified atom stereocenters. The predicted molar refractivity (Wildman–Crippen MR) is 102 cm³/mol. The van der Waals surface area contributed by atoms with Gasteiger partial charge in [0.2, 0.25) is 5.43 Å². The summed E-state index contributed by atoms with van der Waals surface area (Å²) < 4.78 is 3.36. The van der Waals surface area contributed by atoms with Crippen molar-refractivity contribution in [3.05, 3.63) is 88.5 Å². The van der Waals surface area contributed by atoms with E-state index in [2.05, 4.69) is 20.2 Å². The lowest BCUT2D eigenvalue weighted by atomic mass is 10.0. The van der Waals surface area contributed by atoms with Crippen molar-refractivity contribution >= 4 is 0 Å². The van der Waals surface area contributed by atoms with Gasteiger partial charge in [-0.05, 0) is 24.6 Å². The molecule has 0 amide bonds. The molecule has 0 aliphatic rings. The van der Waals surface area contributed by atoms with Gasteiger partial charge in [-0.1, -0.05) is 18.2 Å². The molecule has 0 N–H and O–H groups in total. The Labute approximate surface area is 156 Å². The van der Waals surface area contributed by atoms with Crippen LogP contribution < -0.4 is 5.43 Å². The van der Waals surface area contributed by atoms with Gasteiger partial charge in [-0.3, -0.25) is 9.48 Å². The summed E-state index contributed by atoms with van der Waals surface area (Å²) in [4.78, 5) is 20.9. The lowest BCUT2D eigenvalue weighted by Crippen LogP contribution is -2.16. The van der Waals surface area contributed by atoms with Crippen LogP contribution in [-0.2, 0) is 13.5 Å². The highest BCUT2D eigenvalue weighted by Crippen LogP contribution is 2.19. The van der Waals surface area contributed by atoms with Crippen LogP contribution in [0, 0.1) is 6.92 Å². The SMILES string of the molecule is Cc1nccc(-c2cccc(Cc3nn(-c4cnn(C)c4)ccc3=O)c2)n1. The first-order valence-corrected chi connectivity index (χ1v) is 8.55. The molecule has 1 aromatic carbocycles. The molecule has 4 rings (SSSR count). The Morgan fingerprint density at radius 3 is 2.81 bits per heavy atom. The van der Waals surface area contributed by atoms with E-state index in [4.69, 9.17) is 0 Å². The molecule has 4 aromatic rings. The second-order valence-electron chi connectivity index (χ2n) is 6.31. The number of hydrogen-bond acceptors (Lipinski definition) is 5. The minimum atomic E-state index is -0.0848. The molecule has 0 bridgehead atoms. The minimum Gasteiger partial charge on any atom is -0.288 e. The maximum absolute atomic E-state index is 12.3. The second-order valence-corrected chi connectivity index (χ2v) is 6.31. The quantitative estimate of drug-likeness (QED) is 0.559. The summed E-state index contributed by atoms with van der Waals surface area (Å²) in [7, 11) is 1.84. The van der Waals surface area contributed by atoms with Crippen LogP contribution in [0.1, 0.15) is 17.1 Å². The van der Waals surface area contributed by atoms with Gasteiger partial charge in [-0.25, -0.2) is 14.6 Å². The van der Waals surface area contributed by atoms with Gasteiger partial charge in [-0.2, -0.15) is 10.2 Å². The molecule has 0 saturated heterocycles. The molecule has 0 fully saturated rings. The lowest BCUT2D eigenvalue weighted by Gasteiger charge is -2.07. The van der Waals surface area contributed by atoms with Gasteiger partial charge in [0.1, 0.15) is 17.2 Å². The van der Waals surface area contributed by atoms with E-state index in [0.717, 1.165) is 28.3 Å². The predicted octanol–water partition coefficient (Wildman–Crippen LogP) is 2.32. The maximum atomic E-state index is 12.3. The largest absolute Gasteiger partial charge is 0.288 e. The van der Waals surface area contributed by atoms with E-state index in [1.165, 1.54) is 6.07 Å². The molecule has 0 spiro atoms. The Kier molecular flexibility index (Phi) is 4.33. The second kappa shape index (κ2) is 6.95. The molecular weight excluding hydrogens is 340 g/mol. The molecular formula is C20H18N6O. The fraction of sp³-hybridized carbons (Fsp3) is 0.150. The van der Waals surface area contributed by atoms with Crippen molar-refractivity contribution < 1.29 is 0 Å². The van der Waals surface area contributed by atoms with E-state index in [9.17, 15) is 4.79 Å². The van der Waals surface area contributed by atoms with E-state index in [1.807, 2.05) is 50.5 Å². The number of hydrogen-bond donors (Lipinski definition) is 0. The van der Waals surface area contributed by atoms with Crippen LogP contribution >= 0.6 is 0 Å². The highest BCUT2D eigenvalue weighted by molar-refractivity contribution is 5.59. The molecule has 0 radical (unpaired) electrons. The zero-order valence-electron chi connectivity index (χ0n) is 15.1. The van der Waals surface area contributed by atoms with Crippen LogP contribution in [0.3, 0.4) is 0 Å².